The summed E-state index contributed by atoms with van der Waals surface area (Å²) in [5.41, 5.74) is 3.66. The highest BCUT2D eigenvalue weighted by molar-refractivity contribution is 7.88. The Morgan fingerprint density at radius 1 is 1.08 bits per heavy atom. The van der Waals surface area contributed by atoms with E-state index in [4.69, 9.17) is 31.5 Å². The molecule has 2 aromatic carbocycles. The Balaban J connectivity index is 1.57. The molecule has 1 fully saturated rings. The first-order valence-electron chi connectivity index (χ1n) is 16.0. The van der Waals surface area contributed by atoms with Gasteiger partial charge in [0.2, 0.25) is 10.0 Å². The summed E-state index contributed by atoms with van der Waals surface area (Å²) in [6.45, 7) is 13.4. The third kappa shape index (κ3) is 9.65. The van der Waals surface area contributed by atoms with Gasteiger partial charge < -0.3 is 25.3 Å². The Hall–Kier alpha value is -3.46. The minimum absolute atomic E-state index is 0.0418. The number of piperidine rings is 1. The van der Waals surface area contributed by atoms with Crippen LogP contribution in [0.5, 0.6) is 5.75 Å². The van der Waals surface area contributed by atoms with Crippen molar-refractivity contribution in [3.8, 4) is 16.2 Å². The van der Waals surface area contributed by atoms with Gasteiger partial charge in [-0.05, 0) is 92.0 Å². The maximum atomic E-state index is 16.3. The Morgan fingerprint density at radius 3 is 2.34 bits per heavy atom. The number of rotatable bonds is 10. The molecular formula is C35H44ClF2N3O7S2. The second-order valence-electron chi connectivity index (χ2n) is 14.8. The fraction of sp³-hybridized carbons (Fsp3) is 0.486. The van der Waals surface area contributed by atoms with Gasteiger partial charge in [0.1, 0.15) is 22.0 Å². The van der Waals surface area contributed by atoms with Gasteiger partial charge in [-0.25, -0.2) is 26.8 Å². The predicted molar refractivity (Wildman–Crippen MR) is 192 cm³/mol. The lowest BCUT2D eigenvalue weighted by atomic mass is 9.89. The highest BCUT2D eigenvalue weighted by Gasteiger charge is 2.42. The van der Waals surface area contributed by atoms with Gasteiger partial charge in [0, 0.05) is 23.7 Å². The van der Waals surface area contributed by atoms with E-state index in [0.717, 1.165) is 17.4 Å². The van der Waals surface area contributed by atoms with E-state index in [2.05, 4.69) is 5.32 Å². The highest BCUT2D eigenvalue weighted by Crippen LogP contribution is 2.48. The number of nitrogen functional groups attached to an aromatic ring is 1. The zero-order valence-electron chi connectivity index (χ0n) is 29.4. The van der Waals surface area contributed by atoms with Crippen molar-refractivity contribution < 1.29 is 41.0 Å². The van der Waals surface area contributed by atoms with E-state index in [9.17, 15) is 22.4 Å². The number of esters is 2. The summed E-state index contributed by atoms with van der Waals surface area (Å²) in [5.74, 6) is -3.17. The standard InChI is InChI=1S/C35H44ClF2N3O7S2/c1-33(2,3)47-26(42)18-46-29-27(36)30(49-31(29)32(43)48-34(4,5)6)22-10-9-11-25(28(22)38)40-21-14-15-41(35(7,8)17-21)50(44,45)19-20-12-13-23(37)24(39)16-20/h9-13,16,21,40H,14-15,17-19,39H2,1-8H3. The van der Waals surface area contributed by atoms with E-state index in [-0.39, 0.29) is 55.8 Å². The lowest BCUT2D eigenvalue weighted by Crippen LogP contribution is -2.55. The summed E-state index contributed by atoms with van der Waals surface area (Å²) in [4.78, 5) is 25.8. The van der Waals surface area contributed by atoms with Crippen LogP contribution >= 0.6 is 22.9 Å². The second kappa shape index (κ2) is 14.6. The first-order chi connectivity index (χ1) is 23.0. The highest BCUT2D eigenvalue weighted by atomic mass is 35.5. The van der Waals surface area contributed by atoms with E-state index in [0.29, 0.717) is 18.4 Å². The van der Waals surface area contributed by atoms with Crippen molar-refractivity contribution in [2.45, 2.75) is 96.8 Å². The monoisotopic (exact) mass is 755 g/mol. The van der Waals surface area contributed by atoms with Crippen LogP contribution in [-0.4, -0.2) is 60.6 Å². The number of carbonyl (C=O) groups is 2. The predicted octanol–water partition coefficient (Wildman–Crippen LogP) is 7.79. The summed E-state index contributed by atoms with van der Waals surface area (Å²) in [6.07, 6.45) is 0.732. The third-order valence-corrected chi connectivity index (χ3v) is 11.3. The molecule has 274 valence electrons. The van der Waals surface area contributed by atoms with Crippen molar-refractivity contribution in [1.29, 1.82) is 0 Å². The fourth-order valence-corrected chi connectivity index (χ4v) is 9.11. The molecule has 0 radical (unpaired) electrons. The number of ether oxygens (including phenoxy) is 3. The van der Waals surface area contributed by atoms with Crippen LogP contribution in [0.4, 0.5) is 20.2 Å². The summed E-state index contributed by atoms with van der Waals surface area (Å²) in [5, 5.41) is 3.16. The molecule has 3 N–H and O–H groups in total. The number of carbonyl (C=O) groups excluding carboxylic acids is 2. The molecule has 50 heavy (non-hydrogen) atoms. The van der Waals surface area contributed by atoms with Crippen molar-refractivity contribution in [1.82, 2.24) is 4.31 Å². The van der Waals surface area contributed by atoms with Gasteiger partial charge in [-0.2, -0.15) is 4.31 Å². The van der Waals surface area contributed by atoms with E-state index in [1.54, 1.807) is 67.5 Å². The maximum Gasteiger partial charge on any atom is 0.352 e. The van der Waals surface area contributed by atoms with E-state index >= 15 is 4.39 Å². The van der Waals surface area contributed by atoms with Crippen molar-refractivity contribution in [3.63, 3.8) is 0 Å². The summed E-state index contributed by atoms with van der Waals surface area (Å²) < 4.78 is 74.8. The Morgan fingerprint density at radius 2 is 1.74 bits per heavy atom. The molecule has 1 aliphatic heterocycles. The van der Waals surface area contributed by atoms with Crippen LogP contribution in [0.3, 0.4) is 0 Å². The van der Waals surface area contributed by atoms with Gasteiger partial charge in [-0.3, -0.25) is 0 Å². The number of nitrogens with two attached hydrogens (primary N) is 1. The smallest absolute Gasteiger partial charge is 0.352 e. The van der Waals surface area contributed by atoms with E-state index in [1.165, 1.54) is 22.5 Å². The molecule has 0 amide bonds. The number of nitrogens with one attached hydrogen (secondary N) is 1. The van der Waals surface area contributed by atoms with Gasteiger partial charge in [-0.15, -0.1) is 11.3 Å². The number of halogens is 3. The second-order valence-corrected chi connectivity index (χ2v) is 18.1. The van der Waals surface area contributed by atoms with Crippen LogP contribution in [0, 0.1) is 11.6 Å². The van der Waals surface area contributed by atoms with Crippen LogP contribution in [0.1, 0.15) is 83.5 Å². The summed E-state index contributed by atoms with van der Waals surface area (Å²) in [7, 11) is -3.80. The molecular weight excluding hydrogens is 712 g/mol. The summed E-state index contributed by atoms with van der Waals surface area (Å²) >= 11 is 7.61. The third-order valence-electron chi connectivity index (χ3n) is 7.60. The van der Waals surface area contributed by atoms with Crippen LogP contribution < -0.4 is 15.8 Å². The number of sulfonamides is 1. The molecule has 0 spiro atoms. The van der Waals surface area contributed by atoms with Gasteiger partial charge in [-0.1, -0.05) is 29.8 Å². The number of nitrogens with zero attached hydrogens (tertiary/aromatic N) is 1. The minimum Gasteiger partial charge on any atom is -0.479 e. The zero-order valence-corrected chi connectivity index (χ0v) is 31.8. The molecule has 1 atom stereocenters. The number of hydrogen-bond acceptors (Lipinski definition) is 10. The van der Waals surface area contributed by atoms with Crippen LogP contribution in [-0.2, 0) is 30.0 Å². The van der Waals surface area contributed by atoms with Gasteiger partial charge in [0.05, 0.1) is 22.0 Å². The van der Waals surface area contributed by atoms with Gasteiger partial charge in [0.25, 0.3) is 0 Å². The molecule has 1 aromatic heterocycles. The molecule has 3 aromatic rings. The van der Waals surface area contributed by atoms with Gasteiger partial charge >= 0.3 is 11.9 Å². The topological polar surface area (TPSA) is 137 Å². The van der Waals surface area contributed by atoms with Crippen molar-refractivity contribution in [3.05, 3.63) is 63.5 Å². The number of hydrogen-bond donors (Lipinski definition) is 2. The average molecular weight is 756 g/mol. The molecule has 1 saturated heterocycles. The normalized spacial score (nSPS) is 16.9. The number of benzene rings is 2. The van der Waals surface area contributed by atoms with Crippen LogP contribution in [0.15, 0.2) is 36.4 Å². The molecule has 10 nitrogen and oxygen atoms in total. The van der Waals surface area contributed by atoms with Crippen molar-refractivity contribution in [2.75, 3.05) is 24.2 Å². The van der Waals surface area contributed by atoms with Gasteiger partial charge in [0.15, 0.2) is 23.1 Å². The SMILES string of the molecule is CC(C)(C)OC(=O)COc1c(C(=O)OC(C)(C)C)sc(-c2cccc(NC3CCN(S(=O)(=O)Cc4ccc(F)c(N)c4)C(C)(C)C3)c2F)c1Cl. The fourth-order valence-electron chi connectivity index (χ4n) is 5.69. The molecule has 0 saturated carbocycles. The Labute approximate surface area is 301 Å². The van der Waals surface area contributed by atoms with Crippen molar-refractivity contribution >= 4 is 56.3 Å². The molecule has 1 unspecified atom stereocenters. The molecule has 1 aliphatic rings. The maximum absolute atomic E-state index is 16.3. The first kappa shape index (κ1) is 39.3. The largest absolute Gasteiger partial charge is 0.479 e. The minimum atomic E-state index is -3.80. The summed E-state index contributed by atoms with van der Waals surface area (Å²) in [6, 6.07) is 8.25. The zero-order chi connectivity index (χ0) is 37.4. The van der Waals surface area contributed by atoms with E-state index in [1.807, 2.05) is 0 Å². The molecule has 2 heterocycles. The van der Waals surface area contributed by atoms with Crippen LogP contribution in [0.25, 0.3) is 10.4 Å². The lowest BCUT2D eigenvalue weighted by Gasteiger charge is -2.45. The number of thiophene rings is 1. The average Bonchev–Trinajstić information content (AvgIpc) is 3.28. The van der Waals surface area contributed by atoms with E-state index < -0.39 is 56.9 Å². The molecule has 4 rings (SSSR count). The Bertz CT molecular complexity index is 1870. The molecule has 0 bridgehead atoms. The molecule has 15 heteroatoms. The Kier molecular flexibility index (Phi) is 11.5. The number of anilines is 2. The molecule has 0 aliphatic carbocycles. The van der Waals surface area contributed by atoms with Crippen LogP contribution in [0.2, 0.25) is 5.02 Å². The first-order valence-corrected chi connectivity index (χ1v) is 18.8. The van der Waals surface area contributed by atoms with Crippen molar-refractivity contribution in [2.24, 2.45) is 0 Å². The quantitative estimate of drug-likeness (QED) is 0.157. The lowest BCUT2D eigenvalue weighted by molar-refractivity contribution is -0.157.